The van der Waals surface area contributed by atoms with Gasteiger partial charge in [0.15, 0.2) is 4.77 Å². The van der Waals surface area contributed by atoms with Gasteiger partial charge < -0.3 is 14.3 Å². The van der Waals surface area contributed by atoms with E-state index in [-0.39, 0.29) is 0 Å². The molecule has 0 atom stereocenters. The molecule has 0 unspecified atom stereocenters. The zero-order valence-corrected chi connectivity index (χ0v) is 9.43. The highest BCUT2D eigenvalue weighted by Gasteiger charge is 2.31. The van der Waals surface area contributed by atoms with Gasteiger partial charge in [0.2, 0.25) is 0 Å². The van der Waals surface area contributed by atoms with Gasteiger partial charge in [-0.05, 0) is 38.9 Å². The molecule has 1 heterocycles. The Bertz CT molecular complexity index is 362. The Morgan fingerprint density at radius 2 is 2.36 bits per heavy atom. The van der Waals surface area contributed by atoms with E-state index in [4.69, 9.17) is 17.0 Å². The Morgan fingerprint density at radius 3 is 2.86 bits per heavy atom. The highest BCUT2D eigenvalue weighted by atomic mass is 32.1. The average Bonchev–Trinajstić information content (AvgIpc) is 2.37. The summed E-state index contributed by atoms with van der Waals surface area (Å²) in [4.78, 5) is 3.14. The van der Waals surface area contributed by atoms with Gasteiger partial charge in [-0.2, -0.15) is 0 Å². The second-order valence-electron chi connectivity index (χ2n) is 3.85. The van der Waals surface area contributed by atoms with E-state index >= 15 is 0 Å². The van der Waals surface area contributed by atoms with Crippen LogP contribution in [-0.4, -0.2) is 22.3 Å². The maximum atomic E-state index is 5.52. The maximum Gasteiger partial charge on any atom is 0.177 e. The molecule has 2 rings (SSSR count). The van der Waals surface area contributed by atoms with E-state index in [1.807, 2.05) is 13.8 Å². The van der Waals surface area contributed by atoms with Gasteiger partial charge in [-0.3, -0.25) is 0 Å². The van der Waals surface area contributed by atoms with Crippen LogP contribution in [0.25, 0.3) is 0 Å². The highest BCUT2D eigenvalue weighted by molar-refractivity contribution is 7.71. The van der Waals surface area contributed by atoms with Crippen molar-refractivity contribution < 1.29 is 4.74 Å². The van der Waals surface area contributed by atoms with Crippen LogP contribution in [-0.2, 0) is 4.74 Å². The highest BCUT2D eigenvalue weighted by Crippen LogP contribution is 2.34. The zero-order valence-electron chi connectivity index (χ0n) is 8.62. The van der Waals surface area contributed by atoms with E-state index in [1.54, 1.807) is 0 Å². The third-order valence-corrected chi connectivity index (χ3v) is 3.05. The number of H-pyrrole nitrogens is 1. The minimum Gasteiger partial charge on any atom is -0.378 e. The summed E-state index contributed by atoms with van der Waals surface area (Å²) < 4.78 is 8.51. The van der Waals surface area contributed by atoms with Crippen molar-refractivity contribution >= 4 is 12.2 Å². The van der Waals surface area contributed by atoms with E-state index < -0.39 is 0 Å². The first-order chi connectivity index (χ1) is 6.70. The van der Waals surface area contributed by atoms with Gasteiger partial charge in [0.05, 0.1) is 6.10 Å². The molecule has 1 saturated carbocycles. The summed E-state index contributed by atoms with van der Waals surface area (Å²) >= 11 is 5.22. The molecule has 4 heteroatoms. The largest absolute Gasteiger partial charge is 0.378 e. The minimum absolute atomic E-state index is 0.446. The third kappa shape index (κ3) is 1.77. The predicted octanol–water partition coefficient (Wildman–Crippen LogP) is 2.59. The quantitative estimate of drug-likeness (QED) is 0.780. The standard InChI is InChI=1S/C10H16N2OS/c1-3-13-9-4-8(5-9)12-6-7(2)11-10(12)14/h6,8-9H,3-5H2,1-2H3,(H,11,14). The molecule has 14 heavy (non-hydrogen) atoms. The topological polar surface area (TPSA) is 29.9 Å². The maximum absolute atomic E-state index is 5.52. The molecule has 0 aliphatic heterocycles. The molecule has 1 N–H and O–H groups in total. The molecule has 1 aliphatic carbocycles. The van der Waals surface area contributed by atoms with E-state index in [9.17, 15) is 0 Å². The smallest absolute Gasteiger partial charge is 0.177 e. The lowest BCUT2D eigenvalue weighted by Gasteiger charge is -2.35. The van der Waals surface area contributed by atoms with Crippen molar-refractivity contribution in [3.63, 3.8) is 0 Å². The van der Waals surface area contributed by atoms with Crippen LogP contribution in [0.5, 0.6) is 0 Å². The second kappa shape index (κ2) is 3.87. The van der Waals surface area contributed by atoms with Crippen molar-refractivity contribution in [2.75, 3.05) is 6.61 Å². The fourth-order valence-electron chi connectivity index (χ4n) is 1.94. The molecule has 78 valence electrons. The van der Waals surface area contributed by atoms with E-state index in [0.29, 0.717) is 12.1 Å². The minimum atomic E-state index is 0.446. The molecule has 1 fully saturated rings. The van der Waals surface area contributed by atoms with Crippen LogP contribution in [0.3, 0.4) is 0 Å². The summed E-state index contributed by atoms with van der Waals surface area (Å²) in [6, 6.07) is 0.545. The Kier molecular flexibility index (Phi) is 2.74. The van der Waals surface area contributed by atoms with Crippen LogP contribution in [0, 0.1) is 11.7 Å². The van der Waals surface area contributed by atoms with Crippen LogP contribution < -0.4 is 0 Å². The number of aryl methyl sites for hydroxylation is 1. The summed E-state index contributed by atoms with van der Waals surface area (Å²) in [6.45, 7) is 4.89. The molecular weight excluding hydrogens is 196 g/mol. The van der Waals surface area contributed by atoms with Gasteiger partial charge in [-0.1, -0.05) is 0 Å². The lowest BCUT2D eigenvalue weighted by Crippen LogP contribution is -2.33. The van der Waals surface area contributed by atoms with E-state index in [1.165, 1.54) is 0 Å². The van der Waals surface area contributed by atoms with Gasteiger partial charge in [0.1, 0.15) is 0 Å². The summed E-state index contributed by atoms with van der Waals surface area (Å²) in [5.74, 6) is 0. The lowest BCUT2D eigenvalue weighted by atomic mass is 9.89. The summed E-state index contributed by atoms with van der Waals surface area (Å²) in [7, 11) is 0. The molecule has 0 spiro atoms. The van der Waals surface area contributed by atoms with Gasteiger partial charge in [-0.15, -0.1) is 0 Å². The van der Waals surface area contributed by atoms with Gasteiger partial charge in [-0.25, -0.2) is 0 Å². The number of hydrogen-bond donors (Lipinski definition) is 1. The fraction of sp³-hybridized carbons (Fsp3) is 0.700. The summed E-state index contributed by atoms with van der Waals surface area (Å²) in [5, 5.41) is 0. The molecule has 0 radical (unpaired) electrons. The first-order valence-electron chi connectivity index (χ1n) is 5.10. The van der Waals surface area contributed by atoms with Crippen LogP contribution in [0.1, 0.15) is 31.5 Å². The third-order valence-electron chi connectivity index (χ3n) is 2.74. The zero-order chi connectivity index (χ0) is 10.1. The van der Waals surface area contributed by atoms with Gasteiger partial charge in [0.25, 0.3) is 0 Å². The second-order valence-corrected chi connectivity index (χ2v) is 4.24. The van der Waals surface area contributed by atoms with Gasteiger partial charge >= 0.3 is 0 Å². The van der Waals surface area contributed by atoms with Gasteiger partial charge in [0, 0.05) is 24.5 Å². The number of aromatic nitrogens is 2. The van der Waals surface area contributed by atoms with Crippen molar-refractivity contribution in [2.24, 2.45) is 0 Å². The molecule has 0 amide bonds. The number of rotatable bonds is 3. The van der Waals surface area contributed by atoms with Crippen LogP contribution in [0.2, 0.25) is 0 Å². The molecule has 3 nitrogen and oxygen atoms in total. The average molecular weight is 212 g/mol. The monoisotopic (exact) mass is 212 g/mol. The van der Waals surface area contributed by atoms with Crippen molar-refractivity contribution in [3.8, 4) is 0 Å². The SMILES string of the molecule is CCOC1CC(n2cc(C)[nH]c2=S)C1. The Balaban J connectivity index is 1.99. The Morgan fingerprint density at radius 1 is 1.64 bits per heavy atom. The molecule has 1 aliphatic rings. The number of imidazole rings is 1. The predicted molar refractivity (Wildman–Crippen MR) is 58.0 cm³/mol. The fourth-order valence-corrected chi connectivity index (χ4v) is 2.30. The van der Waals surface area contributed by atoms with Crippen molar-refractivity contribution in [1.82, 2.24) is 9.55 Å². The summed E-state index contributed by atoms with van der Waals surface area (Å²) in [6.07, 6.45) is 4.73. The molecule has 0 saturated heterocycles. The number of nitrogens with zero attached hydrogens (tertiary/aromatic N) is 1. The number of ether oxygens (including phenoxy) is 1. The molecule has 1 aromatic heterocycles. The first kappa shape index (κ1) is 9.93. The van der Waals surface area contributed by atoms with E-state index in [2.05, 4.69) is 15.7 Å². The molecular formula is C10H16N2OS. The van der Waals surface area contributed by atoms with Crippen LogP contribution in [0.15, 0.2) is 6.20 Å². The van der Waals surface area contributed by atoms with Crippen molar-refractivity contribution in [2.45, 2.75) is 38.8 Å². The summed E-state index contributed by atoms with van der Waals surface area (Å²) in [5.41, 5.74) is 1.13. The number of aromatic amines is 1. The molecule has 0 aromatic carbocycles. The lowest BCUT2D eigenvalue weighted by molar-refractivity contribution is -0.0200. The van der Waals surface area contributed by atoms with Crippen molar-refractivity contribution in [1.29, 1.82) is 0 Å². The van der Waals surface area contributed by atoms with Crippen LogP contribution in [0.4, 0.5) is 0 Å². The Labute approximate surface area is 89.1 Å². The van der Waals surface area contributed by atoms with Crippen molar-refractivity contribution in [3.05, 3.63) is 16.7 Å². The number of hydrogen-bond acceptors (Lipinski definition) is 2. The molecule has 0 bridgehead atoms. The van der Waals surface area contributed by atoms with E-state index in [0.717, 1.165) is 29.9 Å². The normalized spacial score (nSPS) is 26.1. The first-order valence-corrected chi connectivity index (χ1v) is 5.51. The van der Waals surface area contributed by atoms with Crippen LogP contribution >= 0.6 is 12.2 Å². The number of nitrogens with one attached hydrogen (secondary N) is 1. The molecule has 1 aromatic rings. The Hall–Kier alpha value is -0.610.